The first-order chi connectivity index (χ1) is 8.65. The normalized spacial score (nSPS) is 44.2. The lowest BCUT2D eigenvalue weighted by Gasteiger charge is -2.39. The fourth-order valence-electron chi connectivity index (χ4n) is 3.97. The van der Waals surface area contributed by atoms with Crippen molar-refractivity contribution >= 4 is 5.91 Å². The fourth-order valence-corrected chi connectivity index (χ4v) is 3.97. The fraction of sp³-hybridized carbons (Fsp3) is 0.929. The second-order valence-corrected chi connectivity index (χ2v) is 6.40. The van der Waals surface area contributed by atoms with Crippen molar-refractivity contribution in [3.8, 4) is 0 Å². The van der Waals surface area contributed by atoms with E-state index < -0.39 is 0 Å². The van der Waals surface area contributed by atoms with Crippen LogP contribution in [0, 0.1) is 5.92 Å². The van der Waals surface area contributed by atoms with Crippen LogP contribution in [0.2, 0.25) is 0 Å². The highest BCUT2D eigenvalue weighted by Crippen LogP contribution is 2.33. The van der Waals surface area contributed by atoms with Crippen molar-refractivity contribution < 1.29 is 4.79 Å². The predicted molar refractivity (Wildman–Crippen MR) is 70.8 cm³/mol. The van der Waals surface area contributed by atoms with E-state index in [4.69, 9.17) is 0 Å². The molecular weight excluding hydrogens is 226 g/mol. The molecule has 18 heavy (non-hydrogen) atoms. The minimum Gasteiger partial charge on any atom is -0.310 e. The molecule has 3 fully saturated rings. The molecule has 0 spiro atoms. The summed E-state index contributed by atoms with van der Waals surface area (Å²) in [6.45, 7) is 4.43. The SMILES string of the molecule is CC1CCCC(C)N1NC(=O)C1CC2CCC1N2. The van der Waals surface area contributed by atoms with Crippen LogP contribution in [0.1, 0.15) is 52.4 Å². The van der Waals surface area contributed by atoms with E-state index >= 15 is 0 Å². The molecule has 3 heterocycles. The Balaban J connectivity index is 1.60. The maximum absolute atomic E-state index is 12.4. The first-order valence-electron chi connectivity index (χ1n) is 7.50. The molecule has 1 amide bonds. The van der Waals surface area contributed by atoms with E-state index in [0.717, 1.165) is 6.42 Å². The molecule has 0 aliphatic carbocycles. The molecule has 3 aliphatic rings. The van der Waals surface area contributed by atoms with Gasteiger partial charge in [0.25, 0.3) is 0 Å². The quantitative estimate of drug-likeness (QED) is 0.780. The van der Waals surface area contributed by atoms with Crippen LogP contribution in [0.5, 0.6) is 0 Å². The van der Waals surface area contributed by atoms with Gasteiger partial charge in [-0.2, -0.15) is 0 Å². The Morgan fingerprint density at radius 2 is 1.89 bits per heavy atom. The van der Waals surface area contributed by atoms with E-state index in [0.29, 0.717) is 24.2 Å². The van der Waals surface area contributed by atoms with Gasteiger partial charge in [-0.1, -0.05) is 6.42 Å². The van der Waals surface area contributed by atoms with E-state index in [1.807, 2.05) is 0 Å². The number of nitrogens with zero attached hydrogens (tertiary/aromatic N) is 1. The van der Waals surface area contributed by atoms with Crippen molar-refractivity contribution in [2.24, 2.45) is 5.92 Å². The first-order valence-corrected chi connectivity index (χ1v) is 7.50. The highest BCUT2D eigenvalue weighted by atomic mass is 16.2. The molecule has 2 N–H and O–H groups in total. The van der Waals surface area contributed by atoms with Crippen LogP contribution in [0.3, 0.4) is 0 Å². The van der Waals surface area contributed by atoms with Crippen LogP contribution in [0.15, 0.2) is 0 Å². The van der Waals surface area contributed by atoms with Gasteiger partial charge in [-0.25, -0.2) is 5.01 Å². The van der Waals surface area contributed by atoms with Gasteiger partial charge in [-0.05, 0) is 46.0 Å². The highest BCUT2D eigenvalue weighted by molar-refractivity contribution is 5.79. The van der Waals surface area contributed by atoms with Crippen LogP contribution in [0.25, 0.3) is 0 Å². The van der Waals surface area contributed by atoms with E-state index in [1.54, 1.807) is 0 Å². The third kappa shape index (κ3) is 2.16. The van der Waals surface area contributed by atoms with E-state index in [1.165, 1.54) is 32.1 Å². The highest BCUT2D eigenvalue weighted by Gasteiger charge is 2.43. The molecule has 3 aliphatic heterocycles. The standard InChI is InChI=1S/C14H25N3O/c1-9-4-3-5-10(2)17(9)16-14(18)12-8-11-6-7-13(12)15-11/h9-13,15H,3-8H2,1-2H3,(H,16,18). The molecule has 0 saturated carbocycles. The number of fused-ring (bicyclic) bond motifs is 2. The lowest BCUT2D eigenvalue weighted by molar-refractivity contribution is -0.134. The molecule has 0 aromatic heterocycles. The summed E-state index contributed by atoms with van der Waals surface area (Å²) in [7, 11) is 0. The molecule has 5 atom stereocenters. The summed E-state index contributed by atoms with van der Waals surface area (Å²) in [4.78, 5) is 12.4. The van der Waals surface area contributed by atoms with Crippen molar-refractivity contribution in [2.75, 3.05) is 0 Å². The van der Waals surface area contributed by atoms with Crippen molar-refractivity contribution in [3.05, 3.63) is 0 Å². The predicted octanol–water partition coefficient (Wildman–Crippen LogP) is 1.42. The minimum atomic E-state index is 0.199. The van der Waals surface area contributed by atoms with Crippen LogP contribution in [-0.2, 0) is 4.79 Å². The van der Waals surface area contributed by atoms with Crippen LogP contribution in [-0.4, -0.2) is 35.1 Å². The molecule has 3 rings (SSSR count). The number of hydrazine groups is 1. The molecule has 3 saturated heterocycles. The van der Waals surface area contributed by atoms with Gasteiger partial charge in [-0.15, -0.1) is 0 Å². The summed E-state index contributed by atoms with van der Waals surface area (Å²) >= 11 is 0. The van der Waals surface area contributed by atoms with Gasteiger partial charge in [0.1, 0.15) is 0 Å². The van der Waals surface area contributed by atoms with Gasteiger partial charge >= 0.3 is 0 Å². The summed E-state index contributed by atoms with van der Waals surface area (Å²) in [5, 5.41) is 5.73. The third-order valence-corrected chi connectivity index (χ3v) is 5.07. The molecular formula is C14H25N3O. The Labute approximate surface area is 109 Å². The summed E-state index contributed by atoms with van der Waals surface area (Å²) < 4.78 is 0. The zero-order chi connectivity index (χ0) is 12.7. The van der Waals surface area contributed by atoms with Crippen molar-refractivity contribution in [2.45, 2.75) is 76.5 Å². The van der Waals surface area contributed by atoms with Gasteiger partial charge in [-0.3, -0.25) is 10.2 Å². The number of rotatable bonds is 2. The van der Waals surface area contributed by atoms with Crippen molar-refractivity contribution in [1.82, 2.24) is 15.8 Å². The van der Waals surface area contributed by atoms with E-state index in [2.05, 4.69) is 29.6 Å². The number of piperidine rings is 1. The molecule has 5 unspecified atom stereocenters. The van der Waals surface area contributed by atoms with Gasteiger partial charge in [0, 0.05) is 24.2 Å². The van der Waals surface area contributed by atoms with E-state index in [9.17, 15) is 4.79 Å². The average molecular weight is 251 g/mol. The summed E-state index contributed by atoms with van der Waals surface area (Å²) in [6.07, 6.45) is 7.13. The molecule has 0 radical (unpaired) electrons. The monoisotopic (exact) mass is 251 g/mol. The maximum Gasteiger partial charge on any atom is 0.239 e. The first kappa shape index (κ1) is 12.4. The number of nitrogens with one attached hydrogen (secondary N) is 2. The maximum atomic E-state index is 12.4. The van der Waals surface area contributed by atoms with Crippen LogP contribution in [0.4, 0.5) is 0 Å². The topological polar surface area (TPSA) is 44.4 Å². The zero-order valence-electron chi connectivity index (χ0n) is 11.5. The molecule has 102 valence electrons. The average Bonchev–Trinajstić information content (AvgIpc) is 2.96. The number of amides is 1. The van der Waals surface area contributed by atoms with Gasteiger partial charge in [0.15, 0.2) is 0 Å². The van der Waals surface area contributed by atoms with Gasteiger partial charge < -0.3 is 5.32 Å². The molecule has 2 bridgehead atoms. The smallest absolute Gasteiger partial charge is 0.239 e. The molecule has 4 heteroatoms. The van der Waals surface area contributed by atoms with Gasteiger partial charge in [0.05, 0.1) is 5.92 Å². The zero-order valence-corrected chi connectivity index (χ0v) is 11.5. The Kier molecular flexibility index (Phi) is 3.32. The Hall–Kier alpha value is -0.610. The number of carbonyl (C=O) groups excluding carboxylic acids is 1. The minimum absolute atomic E-state index is 0.199. The van der Waals surface area contributed by atoms with Crippen molar-refractivity contribution in [3.63, 3.8) is 0 Å². The van der Waals surface area contributed by atoms with E-state index in [-0.39, 0.29) is 11.8 Å². The summed E-state index contributed by atoms with van der Waals surface area (Å²) in [6, 6.07) is 1.99. The number of carbonyl (C=O) groups is 1. The Morgan fingerprint density at radius 3 is 2.44 bits per heavy atom. The lowest BCUT2D eigenvalue weighted by Crippen LogP contribution is -2.56. The second-order valence-electron chi connectivity index (χ2n) is 6.40. The van der Waals surface area contributed by atoms with Gasteiger partial charge in [0.2, 0.25) is 5.91 Å². The molecule has 0 aromatic rings. The van der Waals surface area contributed by atoms with Crippen LogP contribution < -0.4 is 10.7 Å². The summed E-state index contributed by atoms with van der Waals surface area (Å²) in [5.74, 6) is 0.445. The largest absolute Gasteiger partial charge is 0.310 e. The Morgan fingerprint density at radius 1 is 1.17 bits per heavy atom. The Bertz CT molecular complexity index is 323. The van der Waals surface area contributed by atoms with Crippen molar-refractivity contribution in [1.29, 1.82) is 0 Å². The third-order valence-electron chi connectivity index (χ3n) is 5.07. The molecule has 4 nitrogen and oxygen atoms in total. The summed E-state index contributed by atoms with van der Waals surface area (Å²) in [5.41, 5.74) is 3.20. The van der Waals surface area contributed by atoms with Crippen LogP contribution >= 0.6 is 0 Å². The lowest BCUT2D eigenvalue weighted by atomic mass is 9.88. The molecule has 0 aromatic carbocycles. The number of hydrogen-bond donors (Lipinski definition) is 2. The number of hydrogen-bond acceptors (Lipinski definition) is 3. The second kappa shape index (κ2) is 4.82.